The molecular weight excluding hydrogens is 244 g/mol. The summed E-state index contributed by atoms with van der Waals surface area (Å²) in [6.07, 6.45) is 3.27. The minimum absolute atomic E-state index is 0.0512. The first-order chi connectivity index (χ1) is 9.28. The van der Waals surface area contributed by atoms with E-state index < -0.39 is 0 Å². The van der Waals surface area contributed by atoms with Crippen LogP contribution in [0, 0.1) is 5.41 Å². The van der Waals surface area contributed by atoms with Gasteiger partial charge in [-0.2, -0.15) is 0 Å². The summed E-state index contributed by atoms with van der Waals surface area (Å²) in [6, 6.07) is 0. The second kappa shape index (κ2) is 7.55. The molecule has 0 aromatic heterocycles. The van der Waals surface area contributed by atoms with Gasteiger partial charge in [-0.3, -0.25) is 4.90 Å². The van der Waals surface area contributed by atoms with Gasteiger partial charge in [0.1, 0.15) is 0 Å². The summed E-state index contributed by atoms with van der Waals surface area (Å²) >= 11 is 0. The number of ether oxygens (including phenoxy) is 1. The molecule has 2 N–H and O–H groups in total. The first-order valence-corrected chi connectivity index (χ1v) is 7.52. The lowest BCUT2D eigenvalue weighted by atomic mass is 9.82. The Hall–Kier alpha value is -0.200. The highest BCUT2D eigenvalue weighted by molar-refractivity contribution is 4.85. The van der Waals surface area contributed by atoms with Crippen LogP contribution in [-0.2, 0) is 4.74 Å². The van der Waals surface area contributed by atoms with Gasteiger partial charge in [-0.15, -0.1) is 0 Å². The van der Waals surface area contributed by atoms with Crippen LogP contribution in [0.25, 0.3) is 0 Å². The van der Waals surface area contributed by atoms with E-state index in [0.717, 1.165) is 65.1 Å². The maximum absolute atomic E-state index is 9.73. The minimum Gasteiger partial charge on any atom is -0.396 e. The molecule has 19 heavy (non-hydrogen) atoms. The Labute approximate surface area is 116 Å². The smallest absolute Gasteiger partial charge is 0.0558 e. The zero-order valence-corrected chi connectivity index (χ0v) is 11.9. The summed E-state index contributed by atoms with van der Waals surface area (Å²) in [6.45, 7) is 7.93. The SMILES string of the molecule is OCCN1CCCN(CC2(CO)CCCOC2)CC1. The van der Waals surface area contributed by atoms with Gasteiger partial charge in [-0.05, 0) is 32.4 Å². The van der Waals surface area contributed by atoms with Gasteiger partial charge in [0.25, 0.3) is 0 Å². The van der Waals surface area contributed by atoms with Crippen LogP contribution in [0.3, 0.4) is 0 Å². The lowest BCUT2D eigenvalue weighted by Crippen LogP contribution is -2.46. The van der Waals surface area contributed by atoms with Crippen LogP contribution in [-0.4, -0.2) is 85.7 Å². The zero-order valence-electron chi connectivity index (χ0n) is 11.9. The van der Waals surface area contributed by atoms with E-state index in [1.165, 1.54) is 0 Å². The van der Waals surface area contributed by atoms with Gasteiger partial charge >= 0.3 is 0 Å². The highest BCUT2D eigenvalue weighted by Gasteiger charge is 2.34. The molecule has 1 atom stereocenters. The van der Waals surface area contributed by atoms with E-state index in [-0.39, 0.29) is 18.6 Å². The lowest BCUT2D eigenvalue weighted by molar-refractivity contribution is -0.0548. The van der Waals surface area contributed by atoms with E-state index >= 15 is 0 Å². The molecule has 0 aromatic carbocycles. The molecule has 0 spiro atoms. The van der Waals surface area contributed by atoms with Crippen molar-refractivity contribution >= 4 is 0 Å². The molecule has 2 heterocycles. The Kier molecular flexibility index (Phi) is 6.04. The fraction of sp³-hybridized carbons (Fsp3) is 1.00. The minimum atomic E-state index is -0.0512. The van der Waals surface area contributed by atoms with Crippen LogP contribution in [0.15, 0.2) is 0 Å². The van der Waals surface area contributed by atoms with Gasteiger partial charge in [-0.25, -0.2) is 0 Å². The predicted molar refractivity (Wildman–Crippen MR) is 74.2 cm³/mol. The molecule has 0 amide bonds. The maximum atomic E-state index is 9.73. The Morgan fingerprint density at radius 1 is 1.00 bits per heavy atom. The molecule has 5 nitrogen and oxygen atoms in total. The van der Waals surface area contributed by atoms with Crippen molar-refractivity contribution in [1.82, 2.24) is 9.80 Å². The summed E-state index contributed by atoms with van der Waals surface area (Å²) in [5, 5.41) is 18.7. The maximum Gasteiger partial charge on any atom is 0.0558 e. The van der Waals surface area contributed by atoms with Gasteiger partial charge in [0.05, 0.1) is 19.8 Å². The number of rotatable bonds is 5. The molecule has 2 aliphatic rings. The second-order valence-corrected chi connectivity index (χ2v) is 6.01. The van der Waals surface area contributed by atoms with Crippen LogP contribution >= 0.6 is 0 Å². The van der Waals surface area contributed by atoms with Crippen molar-refractivity contribution in [1.29, 1.82) is 0 Å². The summed E-state index contributed by atoms with van der Waals surface area (Å²) in [5.74, 6) is 0. The fourth-order valence-electron chi connectivity index (χ4n) is 3.23. The summed E-state index contributed by atoms with van der Waals surface area (Å²) < 4.78 is 5.58. The van der Waals surface area contributed by atoms with E-state index in [4.69, 9.17) is 9.84 Å². The van der Waals surface area contributed by atoms with Crippen LogP contribution in [0.4, 0.5) is 0 Å². The number of aliphatic hydroxyl groups excluding tert-OH is 2. The molecule has 0 aliphatic carbocycles. The molecule has 0 radical (unpaired) electrons. The van der Waals surface area contributed by atoms with E-state index in [1.807, 2.05) is 0 Å². The van der Waals surface area contributed by atoms with Crippen LogP contribution in [0.2, 0.25) is 0 Å². The Morgan fingerprint density at radius 3 is 2.47 bits per heavy atom. The first kappa shape index (κ1) is 15.2. The quantitative estimate of drug-likeness (QED) is 0.724. The molecule has 0 bridgehead atoms. The van der Waals surface area contributed by atoms with Gasteiger partial charge < -0.3 is 19.8 Å². The van der Waals surface area contributed by atoms with Crippen LogP contribution < -0.4 is 0 Å². The van der Waals surface area contributed by atoms with Gasteiger partial charge in [0.15, 0.2) is 0 Å². The molecule has 2 fully saturated rings. The average Bonchev–Trinajstić information content (AvgIpc) is 2.66. The monoisotopic (exact) mass is 272 g/mol. The number of nitrogens with zero attached hydrogens (tertiary/aromatic N) is 2. The van der Waals surface area contributed by atoms with Gasteiger partial charge in [0.2, 0.25) is 0 Å². The molecule has 2 saturated heterocycles. The molecule has 2 rings (SSSR count). The van der Waals surface area contributed by atoms with Crippen molar-refractivity contribution in [3.05, 3.63) is 0 Å². The fourth-order valence-corrected chi connectivity index (χ4v) is 3.23. The normalized spacial score (nSPS) is 31.3. The largest absolute Gasteiger partial charge is 0.396 e. The molecule has 2 aliphatic heterocycles. The van der Waals surface area contributed by atoms with Crippen LogP contribution in [0.5, 0.6) is 0 Å². The first-order valence-electron chi connectivity index (χ1n) is 7.52. The Balaban J connectivity index is 1.84. The molecular formula is C14H28N2O3. The topological polar surface area (TPSA) is 56.2 Å². The third-order valence-corrected chi connectivity index (χ3v) is 4.40. The number of hydrogen-bond acceptors (Lipinski definition) is 5. The standard InChI is InChI=1S/C14H28N2O3/c17-9-8-15-4-2-5-16(7-6-15)11-14(12-18)3-1-10-19-13-14/h17-18H,1-13H2. The Bertz CT molecular complexity index is 257. The summed E-state index contributed by atoms with van der Waals surface area (Å²) in [5.41, 5.74) is -0.0512. The second-order valence-electron chi connectivity index (χ2n) is 6.01. The predicted octanol–water partition coefficient (Wildman–Crippen LogP) is -0.224. The summed E-state index contributed by atoms with van der Waals surface area (Å²) in [4.78, 5) is 4.78. The van der Waals surface area contributed by atoms with Crippen molar-refractivity contribution in [3.63, 3.8) is 0 Å². The van der Waals surface area contributed by atoms with E-state index in [9.17, 15) is 5.11 Å². The van der Waals surface area contributed by atoms with E-state index in [2.05, 4.69) is 9.80 Å². The van der Waals surface area contributed by atoms with E-state index in [0.29, 0.717) is 6.61 Å². The highest BCUT2D eigenvalue weighted by atomic mass is 16.5. The van der Waals surface area contributed by atoms with Gasteiger partial charge in [0, 0.05) is 38.2 Å². The molecule has 0 aromatic rings. The van der Waals surface area contributed by atoms with Crippen molar-refractivity contribution < 1.29 is 14.9 Å². The number of β-amino-alcohol motifs (C(OH)–C–C–N with tert-alkyl or cyclic N) is 1. The zero-order chi connectivity index (χ0) is 13.6. The summed E-state index contributed by atoms with van der Waals surface area (Å²) in [7, 11) is 0. The van der Waals surface area contributed by atoms with Crippen molar-refractivity contribution in [2.24, 2.45) is 5.41 Å². The van der Waals surface area contributed by atoms with Crippen molar-refractivity contribution in [3.8, 4) is 0 Å². The molecule has 112 valence electrons. The highest BCUT2D eigenvalue weighted by Crippen LogP contribution is 2.29. The molecule has 1 unspecified atom stereocenters. The van der Waals surface area contributed by atoms with Crippen molar-refractivity contribution in [2.45, 2.75) is 19.3 Å². The number of aliphatic hydroxyl groups is 2. The average molecular weight is 272 g/mol. The van der Waals surface area contributed by atoms with E-state index in [1.54, 1.807) is 0 Å². The third kappa shape index (κ3) is 4.39. The lowest BCUT2D eigenvalue weighted by Gasteiger charge is -2.39. The molecule has 5 heteroatoms. The van der Waals surface area contributed by atoms with Crippen molar-refractivity contribution in [2.75, 3.05) is 65.7 Å². The number of hydrogen-bond donors (Lipinski definition) is 2. The van der Waals surface area contributed by atoms with Crippen LogP contribution in [0.1, 0.15) is 19.3 Å². The third-order valence-electron chi connectivity index (χ3n) is 4.40. The molecule has 0 saturated carbocycles. The Morgan fingerprint density at radius 2 is 1.79 bits per heavy atom. The van der Waals surface area contributed by atoms with Gasteiger partial charge in [-0.1, -0.05) is 0 Å².